The lowest BCUT2D eigenvalue weighted by molar-refractivity contribution is 0.108. The molecular weight excluding hydrogens is 188 g/mol. The maximum Gasteiger partial charge on any atom is 0.0593 e. The van der Waals surface area contributed by atoms with E-state index in [1.165, 1.54) is 6.42 Å². The highest BCUT2D eigenvalue weighted by molar-refractivity contribution is 4.65. The first-order valence-corrected chi connectivity index (χ1v) is 6.09. The van der Waals surface area contributed by atoms with Crippen LogP contribution in [-0.4, -0.2) is 50.3 Å². The molecule has 92 valence electrons. The van der Waals surface area contributed by atoms with Gasteiger partial charge >= 0.3 is 0 Å². The van der Waals surface area contributed by atoms with Gasteiger partial charge in [0.15, 0.2) is 0 Å². The van der Waals surface area contributed by atoms with Crippen LogP contribution in [0.25, 0.3) is 0 Å². The highest BCUT2D eigenvalue weighted by Gasteiger charge is 2.08. The summed E-state index contributed by atoms with van der Waals surface area (Å²) in [4.78, 5) is 2.36. The third-order valence-corrected chi connectivity index (χ3v) is 2.66. The minimum Gasteiger partial charge on any atom is -0.380 e. The first kappa shape index (κ1) is 14.9. The van der Waals surface area contributed by atoms with Crippen LogP contribution in [0.5, 0.6) is 0 Å². The van der Waals surface area contributed by atoms with Gasteiger partial charge in [-0.2, -0.15) is 0 Å². The summed E-state index contributed by atoms with van der Waals surface area (Å²) in [6.07, 6.45) is 1.20. The Morgan fingerprint density at radius 3 is 2.47 bits per heavy atom. The molecule has 0 aliphatic heterocycles. The van der Waals surface area contributed by atoms with Crippen LogP contribution < -0.4 is 5.32 Å². The van der Waals surface area contributed by atoms with Crippen LogP contribution >= 0.6 is 0 Å². The topological polar surface area (TPSA) is 24.5 Å². The first-order chi connectivity index (χ1) is 7.07. The second kappa shape index (κ2) is 9.13. The van der Waals surface area contributed by atoms with E-state index in [9.17, 15) is 0 Å². The fourth-order valence-electron chi connectivity index (χ4n) is 1.37. The van der Waals surface area contributed by atoms with Crippen molar-refractivity contribution in [2.75, 3.05) is 33.4 Å². The van der Waals surface area contributed by atoms with Crippen molar-refractivity contribution in [1.82, 2.24) is 10.2 Å². The smallest absolute Gasteiger partial charge is 0.0593 e. The number of hydrogen-bond donors (Lipinski definition) is 1. The van der Waals surface area contributed by atoms with Crippen molar-refractivity contribution in [2.24, 2.45) is 0 Å². The Kier molecular flexibility index (Phi) is 9.06. The van der Waals surface area contributed by atoms with E-state index in [-0.39, 0.29) is 0 Å². The minimum absolute atomic E-state index is 0.589. The summed E-state index contributed by atoms with van der Waals surface area (Å²) in [6, 6.07) is 1.21. The van der Waals surface area contributed by atoms with Crippen molar-refractivity contribution in [2.45, 2.75) is 46.2 Å². The van der Waals surface area contributed by atoms with Crippen molar-refractivity contribution >= 4 is 0 Å². The predicted octanol–water partition coefficient (Wildman–Crippen LogP) is 1.73. The number of hydrogen-bond acceptors (Lipinski definition) is 3. The van der Waals surface area contributed by atoms with Crippen molar-refractivity contribution in [3.8, 4) is 0 Å². The van der Waals surface area contributed by atoms with Crippen LogP contribution in [0, 0.1) is 0 Å². The van der Waals surface area contributed by atoms with Gasteiger partial charge in [0.25, 0.3) is 0 Å². The number of ether oxygens (including phenoxy) is 1. The van der Waals surface area contributed by atoms with Gasteiger partial charge in [0.1, 0.15) is 0 Å². The van der Waals surface area contributed by atoms with E-state index in [1.807, 2.05) is 6.92 Å². The third kappa shape index (κ3) is 8.85. The molecule has 0 aromatic heterocycles. The number of nitrogens with one attached hydrogen (secondary N) is 1. The van der Waals surface area contributed by atoms with Crippen molar-refractivity contribution in [3.05, 3.63) is 0 Å². The summed E-state index contributed by atoms with van der Waals surface area (Å²) >= 11 is 0. The highest BCUT2D eigenvalue weighted by Crippen LogP contribution is 1.99. The number of nitrogens with zero attached hydrogens (tertiary/aromatic N) is 1. The summed E-state index contributed by atoms with van der Waals surface area (Å²) in [5, 5.41) is 3.44. The van der Waals surface area contributed by atoms with Gasteiger partial charge in [0, 0.05) is 25.2 Å². The second-order valence-electron chi connectivity index (χ2n) is 4.42. The van der Waals surface area contributed by atoms with Gasteiger partial charge in [0.2, 0.25) is 0 Å². The average Bonchev–Trinajstić information content (AvgIpc) is 2.17. The summed E-state index contributed by atoms with van der Waals surface area (Å²) in [6.45, 7) is 12.5. The molecule has 0 bridgehead atoms. The molecule has 0 fully saturated rings. The van der Waals surface area contributed by atoms with E-state index in [0.29, 0.717) is 12.1 Å². The molecule has 1 N–H and O–H groups in total. The van der Waals surface area contributed by atoms with Crippen LogP contribution in [0.4, 0.5) is 0 Å². The van der Waals surface area contributed by atoms with E-state index in [0.717, 1.165) is 26.3 Å². The quantitative estimate of drug-likeness (QED) is 0.594. The van der Waals surface area contributed by atoms with Crippen LogP contribution in [0.3, 0.4) is 0 Å². The van der Waals surface area contributed by atoms with Crippen LogP contribution in [0.15, 0.2) is 0 Å². The Balaban J connectivity index is 3.46. The van der Waals surface area contributed by atoms with Crippen molar-refractivity contribution < 1.29 is 4.74 Å². The molecule has 1 atom stereocenters. The fraction of sp³-hybridized carbons (Fsp3) is 1.00. The van der Waals surface area contributed by atoms with Gasteiger partial charge in [-0.05, 0) is 33.9 Å². The molecule has 0 aromatic carbocycles. The molecule has 0 aliphatic rings. The maximum atomic E-state index is 5.34. The summed E-state index contributed by atoms with van der Waals surface area (Å²) in [5.74, 6) is 0. The zero-order valence-electron chi connectivity index (χ0n) is 11.0. The van der Waals surface area contributed by atoms with Crippen molar-refractivity contribution in [1.29, 1.82) is 0 Å². The van der Waals surface area contributed by atoms with Gasteiger partial charge in [0.05, 0.1) is 6.61 Å². The molecule has 0 saturated heterocycles. The number of likely N-dealkylation sites (N-methyl/N-ethyl adjacent to an activating group) is 1. The van der Waals surface area contributed by atoms with Gasteiger partial charge in [-0.25, -0.2) is 0 Å². The maximum absolute atomic E-state index is 5.34. The van der Waals surface area contributed by atoms with Gasteiger partial charge in [-0.3, -0.25) is 0 Å². The van der Waals surface area contributed by atoms with E-state index in [4.69, 9.17) is 4.74 Å². The third-order valence-electron chi connectivity index (χ3n) is 2.66. The SMILES string of the molecule is CCOCCN(C)C(C)CCNC(C)C. The fourth-order valence-corrected chi connectivity index (χ4v) is 1.37. The molecule has 1 unspecified atom stereocenters. The lowest BCUT2D eigenvalue weighted by atomic mass is 10.2. The standard InChI is InChI=1S/C12H28N2O/c1-6-15-10-9-14(5)12(4)7-8-13-11(2)3/h11-13H,6-10H2,1-5H3. The van der Waals surface area contributed by atoms with Crippen LogP contribution in [0.1, 0.15) is 34.1 Å². The summed E-state index contributed by atoms with van der Waals surface area (Å²) in [5.41, 5.74) is 0. The normalized spacial score (nSPS) is 13.8. The van der Waals surface area contributed by atoms with Gasteiger partial charge in [-0.15, -0.1) is 0 Å². The molecule has 0 amide bonds. The average molecular weight is 216 g/mol. The molecule has 0 radical (unpaired) electrons. The Morgan fingerprint density at radius 1 is 1.27 bits per heavy atom. The molecule has 0 rings (SSSR count). The molecule has 3 heteroatoms. The molecule has 3 nitrogen and oxygen atoms in total. The van der Waals surface area contributed by atoms with E-state index in [2.05, 4.69) is 38.0 Å². The lowest BCUT2D eigenvalue weighted by Gasteiger charge is -2.25. The molecule has 0 spiro atoms. The molecule has 0 aromatic rings. The van der Waals surface area contributed by atoms with Crippen molar-refractivity contribution in [3.63, 3.8) is 0 Å². The number of rotatable bonds is 9. The zero-order valence-corrected chi connectivity index (χ0v) is 11.0. The van der Waals surface area contributed by atoms with Gasteiger partial charge < -0.3 is 15.0 Å². The first-order valence-electron chi connectivity index (χ1n) is 6.09. The Bertz CT molecular complexity index is 140. The Labute approximate surface area is 95.2 Å². The van der Waals surface area contributed by atoms with E-state index < -0.39 is 0 Å². The molecule has 0 saturated carbocycles. The Hall–Kier alpha value is -0.120. The minimum atomic E-state index is 0.589. The second-order valence-corrected chi connectivity index (χ2v) is 4.42. The highest BCUT2D eigenvalue weighted by atomic mass is 16.5. The summed E-state index contributed by atoms with van der Waals surface area (Å²) < 4.78 is 5.34. The Morgan fingerprint density at radius 2 is 1.93 bits per heavy atom. The monoisotopic (exact) mass is 216 g/mol. The summed E-state index contributed by atoms with van der Waals surface area (Å²) in [7, 11) is 2.17. The molecule has 0 aliphatic carbocycles. The van der Waals surface area contributed by atoms with E-state index in [1.54, 1.807) is 0 Å². The molecule has 15 heavy (non-hydrogen) atoms. The van der Waals surface area contributed by atoms with Gasteiger partial charge in [-0.1, -0.05) is 13.8 Å². The van der Waals surface area contributed by atoms with E-state index >= 15 is 0 Å². The lowest BCUT2D eigenvalue weighted by Crippen LogP contribution is -2.35. The van der Waals surface area contributed by atoms with Crippen LogP contribution in [-0.2, 0) is 4.74 Å². The molecular formula is C12H28N2O. The zero-order chi connectivity index (χ0) is 11.7. The molecule has 0 heterocycles. The predicted molar refractivity (Wildman–Crippen MR) is 66.3 cm³/mol. The van der Waals surface area contributed by atoms with Crippen LogP contribution in [0.2, 0.25) is 0 Å². The largest absolute Gasteiger partial charge is 0.380 e.